The van der Waals surface area contributed by atoms with E-state index in [9.17, 15) is 13.2 Å². The van der Waals surface area contributed by atoms with Gasteiger partial charge in [0.2, 0.25) is 9.84 Å². The molecule has 122 valence electrons. The maximum atomic E-state index is 12.8. The van der Waals surface area contributed by atoms with E-state index in [1.165, 1.54) is 19.4 Å². The minimum Gasteiger partial charge on any atom is -0.466 e. The monoisotopic (exact) mass is 341 g/mol. The SMILES string of the molecule is COC(=O)/C=C/c1ccc2c(S(=O)(=O)c3ccccc3)c[nH]c2c1. The van der Waals surface area contributed by atoms with Crippen LogP contribution < -0.4 is 0 Å². The fraction of sp³-hybridized carbons (Fsp3) is 0.0556. The number of sulfone groups is 1. The van der Waals surface area contributed by atoms with Crippen molar-refractivity contribution in [2.75, 3.05) is 7.11 Å². The van der Waals surface area contributed by atoms with Crippen molar-refractivity contribution in [3.63, 3.8) is 0 Å². The van der Waals surface area contributed by atoms with E-state index in [4.69, 9.17) is 0 Å². The third-order valence-electron chi connectivity index (χ3n) is 3.62. The first-order valence-corrected chi connectivity index (χ1v) is 8.68. The average molecular weight is 341 g/mol. The van der Waals surface area contributed by atoms with Crippen molar-refractivity contribution in [2.45, 2.75) is 9.79 Å². The van der Waals surface area contributed by atoms with Crippen LogP contribution in [0.15, 0.2) is 70.6 Å². The molecule has 0 fully saturated rings. The fourth-order valence-electron chi connectivity index (χ4n) is 2.40. The lowest BCUT2D eigenvalue weighted by Crippen LogP contribution is -2.00. The van der Waals surface area contributed by atoms with E-state index in [0.717, 1.165) is 5.56 Å². The standard InChI is InChI=1S/C18H15NO4S/c1-23-18(20)10-8-13-7-9-15-16(11-13)19-12-17(15)24(21,22)14-5-3-2-4-6-14/h2-12,19H,1H3/b10-8+. The fourth-order valence-corrected chi connectivity index (χ4v) is 3.85. The van der Waals surface area contributed by atoms with E-state index in [2.05, 4.69) is 9.72 Å². The zero-order valence-electron chi connectivity index (χ0n) is 12.9. The van der Waals surface area contributed by atoms with Gasteiger partial charge in [0.1, 0.15) is 0 Å². The number of nitrogens with one attached hydrogen (secondary N) is 1. The van der Waals surface area contributed by atoms with Crippen LogP contribution in [0.4, 0.5) is 0 Å². The molecule has 0 bridgehead atoms. The highest BCUT2D eigenvalue weighted by molar-refractivity contribution is 7.91. The summed E-state index contributed by atoms with van der Waals surface area (Å²) in [6, 6.07) is 13.5. The lowest BCUT2D eigenvalue weighted by molar-refractivity contribution is -0.134. The normalized spacial score (nSPS) is 11.9. The van der Waals surface area contributed by atoms with Crippen molar-refractivity contribution in [1.82, 2.24) is 4.98 Å². The molecule has 1 heterocycles. The molecule has 0 amide bonds. The van der Waals surface area contributed by atoms with E-state index < -0.39 is 15.8 Å². The number of H-pyrrole nitrogens is 1. The number of carbonyl (C=O) groups excluding carboxylic acids is 1. The second-order valence-electron chi connectivity index (χ2n) is 5.13. The molecule has 6 heteroatoms. The Morgan fingerprint density at radius 2 is 1.88 bits per heavy atom. The lowest BCUT2D eigenvalue weighted by atomic mass is 10.1. The van der Waals surface area contributed by atoms with Gasteiger partial charge >= 0.3 is 5.97 Å². The van der Waals surface area contributed by atoms with Gasteiger partial charge in [0.25, 0.3) is 0 Å². The summed E-state index contributed by atoms with van der Waals surface area (Å²) in [7, 11) is -2.28. The molecule has 0 aliphatic heterocycles. The number of esters is 1. The molecule has 5 nitrogen and oxygen atoms in total. The number of rotatable bonds is 4. The number of hydrogen-bond donors (Lipinski definition) is 1. The molecule has 24 heavy (non-hydrogen) atoms. The van der Waals surface area contributed by atoms with E-state index in [-0.39, 0.29) is 9.79 Å². The lowest BCUT2D eigenvalue weighted by Gasteiger charge is -2.03. The molecule has 0 saturated carbocycles. The van der Waals surface area contributed by atoms with E-state index in [1.54, 1.807) is 54.6 Å². The van der Waals surface area contributed by atoms with Crippen molar-refractivity contribution in [2.24, 2.45) is 0 Å². The number of aromatic nitrogens is 1. The van der Waals surface area contributed by atoms with E-state index >= 15 is 0 Å². The summed E-state index contributed by atoms with van der Waals surface area (Å²) < 4.78 is 30.0. The second-order valence-corrected chi connectivity index (χ2v) is 7.05. The zero-order chi connectivity index (χ0) is 17.2. The van der Waals surface area contributed by atoms with Crippen LogP contribution in [0.25, 0.3) is 17.0 Å². The molecule has 1 aromatic heterocycles. The van der Waals surface area contributed by atoms with Crippen molar-refractivity contribution in [1.29, 1.82) is 0 Å². The van der Waals surface area contributed by atoms with Gasteiger partial charge in [-0.2, -0.15) is 0 Å². The third-order valence-corrected chi connectivity index (χ3v) is 5.43. The van der Waals surface area contributed by atoms with Crippen LogP contribution in [0.3, 0.4) is 0 Å². The second kappa shape index (κ2) is 6.33. The maximum absolute atomic E-state index is 12.8. The van der Waals surface area contributed by atoms with Gasteiger partial charge in [0.15, 0.2) is 0 Å². The molecule has 3 aromatic rings. The van der Waals surface area contributed by atoms with E-state index in [1.807, 2.05) is 0 Å². The van der Waals surface area contributed by atoms with Crippen LogP contribution in [-0.4, -0.2) is 26.5 Å². The highest BCUT2D eigenvalue weighted by Crippen LogP contribution is 2.28. The van der Waals surface area contributed by atoms with E-state index in [0.29, 0.717) is 10.9 Å². The molecule has 2 aromatic carbocycles. The summed E-state index contributed by atoms with van der Waals surface area (Å²) in [6.45, 7) is 0. The van der Waals surface area contributed by atoms with Crippen LogP contribution in [0.2, 0.25) is 0 Å². The van der Waals surface area contributed by atoms with Gasteiger partial charge in [-0.3, -0.25) is 0 Å². The van der Waals surface area contributed by atoms with Crippen molar-refractivity contribution in [3.05, 3.63) is 66.4 Å². The Balaban J connectivity index is 2.03. The maximum Gasteiger partial charge on any atom is 0.330 e. The smallest absolute Gasteiger partial charge is 0.330 e. The largest absolute Gasteiger partial charge is 0.466 e. The number of aromatic amines is 1. The van der Waals surface area contributed by atoms with Gasteiger partial charge in [-0.1, -0.05) is 30.3 Å². The first-order chi connectivity index (χ1) is 11.5. The summed E-state index contributed by atoms with van der Waals surface area (Å²) in [5.74, 6) is -0.450. The summed E-state index contributed by atoms with van der Waals surface area (Å²) in [5.41, 5.74) is 1.44. The summed E-state index contributed by atoms with van der Waals surface area (Å²) in [6.07, 6.45) is 4.41. The number of benzene rings is 2. The van der Waals surface area contributed by atoms with Gasteiger partial charge in [-0.05, 0) is 29.8 Å². The van der Waals surface area contributed by atoms with Crippen LogP contribution >= 0.6 is 0 Å². The van der Waals surface area contributed by atoms with Crippen LogP contribution in [0.5, 0.6) is 0 Å². The molecular weight excluding hydrogens is 326 g/mol. The van der Waals surface area contributed by atoms with Crippen molar-refractivity contribution >= 4 is 32.8 Å². The number of ether oxygens (including phenoxy) is 1. The first kappa shape index (κ1) is 16.0. The predicted octanol–water partition coefficient (Wildman–Crippen LogP) is 3.19. The Kier molecular flexibility index (Phi) is 4.22. The highest BCUT2D eigenvalue weighted by atomic mass is 32.2. The molecular formula is C18H15NO4S. The number of hydrogen-bond acceptors (Lipinski definition) is 4. The zero-order valence-corrected chi connectivity index (χ0v) is 13.7. The Hall–Kier alpha value is -2.86. The molecule has 0 unspecified atom stereocenters. The average Bonchev–Trinajstić information content (AvgIpc) is 3.04. The molecule has 0 aliphatic carbocycles. The predicted molar refractivity (Wildman–Crippen MR) is 91.2 cm³/mol. The Labute approximate surface area is 139 Å². The highest BCUT2D eigenvalue weighted by Gasteiger charge is 2.21. The quantitative estimate of drug-likeness (QED) is 0.584. The first-order valence-electron chi connectivity index (χ1n) is 7.19. The Bertz CT molecular complexity index is 1020. The van der Waals surface area contributed by atoms with Crippen LogP contribution in [0.1, 0.15) is 5.56 Å². The van der Waals surface area contributed by atoms with Crippen molar-refractivity contribution < 1.29 is 17.9 Å². The minimum absolute atomic E-state index is 0.229. The Morgan fingerprint density at radius 1 is 1.12 bits per heavy atom. The van der Waals surface area contributed by atoms with Crippen LogP contribution in [-0.2, 0) is 19.4 Å². The number of fused-ring (bicyclic) bond motifs is 1. The number of carbonyl (C=O) groups is 1. The molecule has 0 atom stereocenters. The van der Waals surface area contributed by atoms with Gasteiger partial charge in [0, 0.05) is 23.2 Å². The molecule has 0 radical (unpaired) electrons. The van der Waals surface area contributed by atoms with Crippen LogP contribution in [0, 0.1) is 0 Å². The summed E-state index contributed by atoms with van der Waals surface area (Å²) >= 11 is 0. The topological polar surface area (TPSA) is 76.2 Å². The van der Waals surface area contributed by atoms with Gasteiger partial charge in [-0.15, -0.1) is 0 Å². The summed E-state index contributed by atoms with van der Waals surface area (Å²) in [4.78, 5) is 14.6. The van der Waals surface area contributed by atoms with Gasteiger partial charge in [-0.25, -0.2) is 13.2 Å². The van der Waals surface area contributed by atoms with Gasteiger partial charge < -0.3 is 9.72 Å². The molecule has 0 aliphatic rings. The molecule has 0 saturated heterocycles. The molecule has 3 rings (SSSR count). The number of methoxy groups -OCH3 is 1. The molecule has 0 spiro atoms. The van der Waals surface area contributed by atoms with Gasteiger partial charge in [0.05, 0.1) is 16.9 Å². The van der Waals surface area contributed by atoms with Crippen molar-refractivity contribution in [3.8, 4) is 0 Å². The third kappa shape index (κ3) is 2.96. The molecule has 1 N–H and O–H groups in total. The summed E-state index contributed by atoms with van der Waals surface area (Å²) in [5, 5.41) is 0.606. The Morgan fingerprint density at radius 3 is 2.58 bits per heavy atom. The minimum atomic E-state index is -3.59.